The Morgan fingerprint density at radius 1 is 1.31 bits per heavy atom. The number of carbonyl (C=O) groups excluding carboxylic acids is 1. The maximum absolute atomic E-state index is 16.8. The van der Waals surface area contributed by atoms with E-state index >= 15 is 8.78 Å². The SMILES string of the molecule is C=C[C@@H]1CC2C3C[C@H](F)C4=CC(=O)C=CC4(C)[C@@]3(F)C(O)CC2(C)C1C. The van der Waals surface area contributed by atoms with Gasteiger partial charge < -0.3 is 5.11 Å². The highest BCUT2D eigenvalue weighted by molar-refractivity contribution is 6.01. The molecule has 0 aliphatic heterocycles. The number of carbonyl (C=O) groups is 1. The molecule has 0 aromatic rings. The van der Waals surface area contributed by atoms with Gasteiger partial charge in [0.1, 0.15) is 6.17 Å². The van der Waals surface area contributed by atoms with E-state index in [1.807, 2.05) is 6.08 Å². The molecule has 0 radical (unpaired) electrons. The average molecular weight is 362 g/mol. The van der Waals surface area contributed by atoms with Gasteiger partial charge in [0, 0.05) is 11.3 Å². The summed E-state index contributed by atoms with van der Waals surface area (Å²) >= 11 is 0. The smallest absolute Gasteiger partial charge is 0.178 e. The van der Waals surface area contributed by atoms with Crippen LogP contribution in [0.25, 0.3) is 0 Å². The van der Waals surface area contributed by atoms with Crippen LogP contribution < -0.4 is 0 Å². The van der Waals surface area contributed by atoms with Crippen LogP contribution in [0.15, 0.2) is 36.5 Å². The van der Waals surface area contributed by atoms with Gasteiger partial charge >= 0.3 is 0 Å². The molecule has 4 aliphatic rings. The molecule has 6 unspecified atom stereocenters. The van der Waals surface area contributed by atoms with Gasteiger partial charge in [0.15, 0.2) is 11.5 Å². The highest BCUT2D eigenvalue weighted by Gasteiger charge is 2.72. The largest absolute Gasteiger partial charge is 0.390 e. The van der Waals surface area contributed by atoms with Crippen LogP contribution in [0.4, 0.5) is 8.78 Å². The van der Waals surface area contributed by atoms with Gasteiger partial charge in [-0.1, -0.05) is 26.0 Å². The van der Waals surface area contributed by atoms with E-state index in [9.17, 15) is 9.90 Å². The lowest BCUT2D eigenvalue weighted by molar-refractivity contribution is -0.200. The molecule has 0 bridgehead atoms. The van der Waals surface area contributed by atoms with Crippen molar-refractivity contribution in [1.29, 1.82) is 0 Å². The summed E-state index contributed by atoms with van der Waals surface area (Å²) in [5.74, 6) is -0.352. The Morgan fingerprint density at radius 2 is 2.00 bits per heavy atom. The minimum atomic E-state index is -1.96. The first-order valence-corrected chi connectivity index (χ1v) is 9.68. The fourth-order valence-corrected chi connectivity index (χ4v) is 6.84. The van der Waals surface area contributed by atoms with Crippen LogP contribution in [0.5, 0.6) is 0 Å². The van der Waals surface area contributed by atoms with Crippen LogP contribution in [0.1, 0.15) is 40.0 Å². The monoisotopic (exact) mass is 362 g/mol. The molecule has 0 aromatic carbocycles. The normalized spacial score (nSPS) is 55.6. The molecule has 0 aromatic heterocycles. The summed E-state index contributed by atoms with van der Waals surface area (Å²) in [7, 11) is 0. The van der Waals surface area contributed by atoms with Crippen LogP contribution in [0.3, 0.4) is 0 Å². The maximum Gasteiger partial charge on any atom is 0.178 e. The first-order chi connectivity index (χ1) is 12.1. The topological polar surface area (TPSA) is 37.3 Å². The van der Waals surface area contributed by atoms with Crippen molar-refractivity contribution in [1.82, 2.24) is 0 Å². The quantitative estimate of drug-likeness (QED) is 0.704. The van der Waals surface area contributed by atoms with E-state index in [0.29, 0.717) is 6.42 Å². The number of aliphatic hydroxyl groups is 1. The minimum absolute atomic E-state index is 0.00319. The van der Waals surface area contributed by atoms with Gasteiger partial charge in [0.25, 0.3) is 0 Å². The first kappa shape index (κ1) is 18.1. The Kier molecular flexibility index (Phi) is 3.74. The van der Waals surface area contributed by atoms with Crippen LogP contribution in [-0.2, 0) is 4.79 Å². The summed E-state index contributed by atoms with van der Waals surface area (Å²) in [6.45, 7) is 9.85. The molecular formula is C22H28F2O2. The van der Waals surface area contributed by atoms with Crippen LogP contribution in [0.2, 0.25) is 0 Å². The predicted octanol–water partition coefficient (Wildman–Crippen LogP) is 4.35. The molecular weight excluding hydrogens is 334 g/mol. The van der Waals surface area contributed by atoms with Gasteiger partial charge in [0.2, 0.25) is 0 Å². The Labute approximate surface area is 154 Å². The lowest BCUT2D eigenvalue weighted by Crippen LogP contribution is -2.68. The number of hydrogen-bond donors (Lipinski definition) is 1. The molecule has 0 spiro atoms. The number of aliphatic hydroxyl groups excluding tert-OH is 1. The maximum atomic E-state index is 16.8. The molecule has 142 valence electrons. The van der Waals surface area contributed by atoms with Crippen molar-refractivity contribution in [2.75, 3.05) is 0 Å². The molecule has 4 heteroatoms. The molecule has 0 heterocycles. The Bertz CT molecular complexity index is 728. The van der Waals surface area contributed by atoms with Crippen molar-refractivity contribution < 1.29 is 18.7 Å². The molecule has 0 amide bonds. The second-order valence-corrected chi connectivity index (χ2v) is 9.37. The van der Waals surface area contributed by atoms with E-state index in [0.717, 1.165) is 6.42 Å². The summed E-state index contributed by atoms with van der Waals surface area (Å²) in [6.07, 6.45) is 4.64. The third-order valence-corrected chi connectivity index (χ3v) is 8.57. The minimum Gasteiger partial charge on any atom is -0.390 e. The second-order valence-electron chi connectivity index (χ2n) is 9.37. The summed E-state index contributed by atoms with van der Waals surface area (Å²) in [5, 5.41) is 11.0. The van der Waals surface area contributed by atoms with Crippen molar-refractivity contribution in [2.45, 2.75) is 58.0 Å². The summed E-state index contributed by atoms with van der Waals surface area (Å²) < 4.78 is 31.9. The summed E-state index contributed by atoms with van der Waals surface area (Å²) in [5.41, 5.74) is -3.28. The lowest BCUT2D eigenvalue weighted by atomic mass is 9.45. The fourth-order valence-electron chi connectivity index (χ4n) is 6.84. The number of halogens is 2. The highest BCUT2D eigenvalue weighted by atomic mass is 19.1. The Hall–Kier alpha value is -1.29. The zero-order valence-electron chi connectivity index (χ0n) is 15.7. The number of fused-ring (bicyclic) bond motifs is 5. The number of rotatable bonds is 1. The molecule has 0 saturated heterocycles. The molecule has 4 rings (SSSR count). The molecule has 3 saturated carbocycles. The van der Waals surface area contributed by atoms with Crippen molar-refractivity contribution in [3.8, 4) is 0 Å². The van der Waals surface area contributed by atoms with Gasteiger partial charge in [-0.3, -0.25) is 4.79 Å². The zero-order valence-corrected chi connectivity index (χ0v) is 15.7. The van der Waals surface area contributed by atoms with Gasteiger partial charge in [-0.25, -0.2) is 8.78 Å². The molecule has 2 nitrogen and oxygen atoms in total. The van der Waals surface area contributed by atoms with Gasteiger partial charge in [0.05, 0.1) is 6.10 Å². The fraction of sp³-hybridized carbons (Fsp3) is 0.682. The van der Waals surface area contributed by atoms with Crippen LogP contribution >= 0.6 is 0 Å². The lowest BCUT2D eigenvalue weighted by Gasteiger charge is -2.62. The second kappa shape index (κ2) is 5.37. The van der Waals surface area contributed by atoms with E-state index in [2.05, 4.69) is 20.4 Å². The molecule has 9 atom stereocenters. The van der Waals surface area contributed by atoms with Crippen LogP contribution in [-0.4, -0.2) is 28.8 Å². The number of ketones is 1. The number of allylic oxidation sites excluding steroid dienone is 5. The standard InChI is InChI=1S/C22H28F2O2/c1-5-13-8-15-16-10-18(23)17-9-14(25)6-7-21(17,4)22(16,24)19(26)11-20(15,3)12(13)2/h5-7,9,12-13,15-16,18-19,26H,1,8,10-11H2,2-4H3/t12?,13-,15?,16?,18+,19?,20?,21?,22+/m1/s1. The molecule has 4 aliphatic carbocycles. The van der Waals surface area contributed by atoms with Gasteiger partial charge in [-0.15, -0.1) is 6.58 Å². The third kappa shape index (κ3) is 1.92. The Morgan fingerprint density at radius 3 is 2.65 bits per heavy atom. The van der Waals surface area contributed by atoms with Crippen molar-refractivity contribution in [2.24, 2.45) is 34.5 Å². The van der Waals surface area contributed by atoms with Crippen molar-refractivity contribution in [3.63, 3.8) is 0 Å². The third-order valence-electron chi connectivity index (χ3n) is 8.57. The van der Waals surface area contributed by atoms with E-state index in [1.54, 1.807) is 6.92 Å². The summed E-state index contributed by atoms with van der Waals surface area (Å²) in [6, 6.07) is 0. The zero-order chi connectivity index (χ0) is 19.1. The molecule has 1 N–H and O–H groups in total. The van der Waals surface area contributed by atoms with Crippen molar-refractivity contribution in [3.05, 3.63) is 36.5 Å². The van der Waals surface area contributed by atoms with E-state index in [-0.39, 0.29) is 40.9 Å². The van der Waals surface area contributed by atoms with Crippen molar-refractivity contribution >= 4 is 5.78 Å². The van der Waals surface area contributed by atoms with Gasteiger partial charge in [-0.2, -0.15) is 0 Å². The summed E-state index contributed by atoms with van der Waals surface area (Å²) in [4.78, 5) is 11.8. The highest BCUT2D eigenvalue weighted by Crippen LogP contribution is 2.69. The predicted molar refractivity (Wildman–Crippen MR) is 96.9 cm³/mol. The van der Waals surface area contributed by atoms with Crippen LogP contribution in [0, 0.1) is 34.5 Å². The number of hydrogen-bond acceptors (Lipinski definition) is 2. The average Bonchev–Trinajstić information content (AvgIpc) is 2.84. The van der Waals surface area contributed by atoms with E-state index in [4.69, 9.17) is 0 Å². The first-order valence-electron chi connectivity index (χ1n) is 9.68. The van der Waals surface area contributed by atoms with E-state index < -0.39 is 29.3 Å². The molecule has 26 heavy (non-hydrogen) atoms. The van der Waals surface area contributed by atoms with E-state index in [1.165, 1.54) is 18.2 Å². The van der Waals surface area contributed by atoms with Gasteiger partial charge in [-0.05, 0) is 67.1 Å². The Balaban J connectivity index is 1.86. The number of alkyl halides is 2. The molecule has 3 fully saturated rings.